The number of carbonyl (C=O) groups is 1. The van der Waals surface area contributed by atoms with Gasteiger partial charge in [0.25, 0.3) is 11.6 Å². The number of ether oxygens (including phenoxy) is 1. The normalized spacial score (nSPS) is 13.8. The molecule has 0 saturated carbocycles. The van der Waals surface area contributed by atoms with Gasteiger partial charge in [-0.15, -0.1) is 11.3 Å². The van der Waals surface area contributed by atoms with E-state index in [1.54, 1.807) is 19.2 Å². The van der Waals surface area contributed by atoms with Crippen LogP contribution in [0.3, 0.4) is 0 Å². The Morgan fingerprint density at radius 3 is 2.93 bits per heavy atom. The molecule has 0 atom stereocenters. The second-order valence-corrected chi connectivity index (χ2v) is 7.30. The van der Waals surface area contributed by atoms with Gasteiger partial charge in [0.2, 0.25) is 0 Å². The number of non-ortho nitro benzene ring substituents is 1. The number of thiophene rings is 1. The van der Waals surface area contributed by atoms with Gasteiger partial charge in [-0.2, -0.15) is 0 Å². The maximum atomic E-state index is 12.5. The molecule has 0 spiro atoms. The average Bonchev–Trinajstić information content (AvgIpc) is 2.98. The molecular weight excluding hydrogens is 366 g/mol. The lowest BCUT2D eigenvalue weighted by atomic mass is 10.1. The molecule has 1 aliphatic heterocycles. The number of carbonyl (C=O) groups excluding carboxylic acids is 1. The van der Waals surface area contributed by atoms with E-state index in [4.69, 9.17) is 4.74 Å². The summed E-state index contributed by atoms with van der Waals surface area (Å²) in [5.74, 6) is 0.629. The highest BCUT2D eigenvalue weighted by Crippen LogP contribution is 2.41. The number of amides is 1. The summed E-state index contributed by atoms with van der Waals surface area (Å²) in [4.78, 5) is 26.0. The molecule has 4 rings (SSSR count). The van der Waals surface area contributed by atoms with Crippen molar-refractivity contribution in [2.45, 2.75) is 6.54 Å². The minimum absolute atomic E-state index is 0.0223. The van der Waals surface area contributed by atoms with Gasteiger partial charge in [-0.3, -0.25) is 14.9 Å². The van der Waals surface area contributed by atoms with Crippen molar-refractivity contribution in [3.63, 3.8) is 0 Å². The summed E-state index contributed by atoms with van der Waals surface area (Å²) in [5, 5.41) is 14.9. The van der Waals surface area contributed by atoms with Crippen molar-refractivity contribution in [1.82, 2.24) is 5.32 Å². The third-order valence-corrected chi connectivity index (χ3v) is 5.71. The van der Waals surface area contributed by atoms with E-state index >= 15 is 0 Å². The van der Waals surface area contributed by atoms with E-state index in [0.717, 1.165) is 27.1 Å². The van der Waals surface area contributed by atoms with Crippen LogP contribution >= 0.6 is 11.3 Å². The zero-order valence-corrected chi connectivity index (χ0v) is 15.4. The number of hydrogen-bond donors (Lipinski definition) is 1. The molecular formula is C19H17N3O4S. The first-order valence-electron chi connectivity index (χ1n) is 8.44. The SMILES string of the molecule is COc1cccc(CN2CCNC(=O)c3sc4ccc([N+](=O)[O-])cc4c32)c1. The Bertz CT molecular complexity index is 1050. The largest absolute Gasteiger partial charge is 0.497 e. The van der Waals surface area contributed by atoms with E-state index in [9.17, 15) is 14.9 Å². The number of rotatable bonds is 4. The van der Waals surface area contributed by atoms with Gasteiger partial charge in [0, 0.05) is 41.9 Å². The van der Waals surface area contributed by atoms with Gasteiger partial charge in [0.1, 0.15) is 10.6 Å². The standard InChI is InChI=1S/C19H17N3O4S/c1-26-14-4-2-3-12(9-14)11-21-8-7-20-19(23)18-17(21)15-10-13(22(24)25)5-6-16(15)27-18/h2-6,9-10H,7-8,11H2,1H3,(H,20,23). The zero-order valence-electron chi connectivity index (χ0n) is 14.6. The Hall–Kier alpha value is -3.13. The quantitative estimate of drug-likeness (QED) is 0.550. The molecule has 1 N–H and O–H groups in total. The molecule has 1 aliphatic rings. The first kappa shape index (κ1) is 17.3. The fourth-order valence-corrected chi connectivity index (χ4v) is 4.42. The van der Waals surface area contributed by atoms with Gasteiger partial charge in [-0.05, 0) is 23.8 Å². The van der Waals surface area contributed by atoms with E-state index in [1.165, 1.54) is 17.4 Å². The highest BCUT2D eigenvalue weighted by molar-refractivity contribution is 7.21. The maximum Gasteiger partial charge on any atom is 0.270 e. The van der Waals surface area contributed by atoms with Gasteiger partial charge < -0.3 is 15.0 Å². The van der Waals surface area contributed by atoms with Crippen LogP contribution in [0.25, 0.3) is 10.1 Å². The molecule has 2 aromatic carbocycles. The summed E-state index contributed by atoms with van der Waals surface area (Å²) in [6.07, 6.45) is 0. The summed E-state index contributed by atoms with van der Waals surface area (Å²) in [6.45, 7) is 1.71. The van der Waals surface area contributed by atoms with Crippen LogP contribution in [0.15, 0.2) is 42.5 Å². The number of nitrogens with zero attached hydrogens (tertiary/aromatic N) is 2. The van der Waals surface area contributed by atoms with Gasteiger partial charge in [0.15, 0.2) is 0 Å². The summed E-state index contributed by atoms with van der Waals surface area (Å²) in [6, 6.07) is 12.5. The Morgan fingerprint density at radius 1 is 1.30 bits per heavy atom. The summed E-state index contributed by atoms with van der Waals surface area (Å²) >= 11 is 1.36. The monoisotopic (exact) mass is 383 g/mol. The second kappa shape index (κ2) is 6.88. The first-order chi connectivity index (χ1) is 13.1. The molecule has 0 unspecified atom stereocenters. The number of nitro benzene ring substituents is 1. The third kappa shape index (κ3) is 3.19. The van der Waals surface area contributed by atoms with Crippen molar-refractivity contribution < 1.29 is 14.5 Å². The van der Waals surface area contributed by atoms with Crippen LogP contribution in [0.1, 0.15) is 15.2 Å². The van der Waals surface area contributed by atoms with Gasteiger partial charge in [-0.25, -0.2) is 0 Å². The summed E-state index contributed by atoms with van der Waals surface area (Å²) in [7, 11) is 1.62. The fourth-order valence-electron chi connectivity index (χ4n) is 3.30. The lowest BCUT2D eigenvalue weighted by Gasteiger charge is -2.23. The number of fused-ring (bicyclic) bond motifs is 3. The van der Waals surface area contributed by atoms with E-state index < -0.39 is 4.92 Å². The molecule has 2 heterocycles. The van der Waals surface area contributed by atoms with Crippen LogP contribution in [0.5, 0.6) is 5.75 Å². The molecule has 27 heavy (non-hydrogen) atoms. The molecule has 0 saturated heterocycles. The van der Waals surface area contributed by atoms with Crippen molar-refractivity contribution in [2.75, 3.05) is 25.1 Å². The third-order valence-electron chi connectivity index (χ3n) is 4.55. The number of anilines is 1. The number of hydrogen-bond acceptors (Lipinski definition) is 6. The van der Waals surface area contributed by atoms with E-state index in [2.05, 4.69) is 10.2 Å². The number of benzene rings is 2. The number of nitro groups is 1. The minimum atomic E-state index is -0.410. The van der Waals surface area contributed by atoms with Gasteiger partial charge >= 0.3 is 0 Å². The Kier molecular flexibility index (Phi) is 4.41. The summed E-state index contributed by atoms with van der Waals surface area (Å²) < 4.78 is 6.15. The summed E-state index contributed by atoms with van der Waals surface area (Å²) in [5.41, 5.74) is 1.82. The molecule has 3 aromatic rings. The van der Waals surface area contributed by atoms with Crippen molar-refractivity contribution >= 4 is 38.7 Å². The topological polar surface area (TPSA) is 84.7 Å². The van der Waals surface area contributed by atoms with Crippen molar-refractivity contribution in [2.24, 2.45) is 0 Å². The predicted octanol–water partition coefficient (Wildman–Crippen LogP) is 3.57. The molecule has 0 bridgehead atoms. The Labute approximate surface area is 159 Å². The number of methoxy groups -OCH3 is 1. The minimum Gasteiger partial charge on any atom is -0.497 e. The van der Waals surface area contributed by atoms with Crippen molar-refractivity contribution in [3.8, 4) is 5.75 Å². The Morgan fingerprint density at radius 2 is 2.15 bits per heavy atom. The van der Waals surface area contributed by atoms with E-state index in [1.807, 2.05) is 24.3 Å². The highest BCUT2D eigenvalue weighted by atomic mass is 32.1. The molecule has 1 aromatic heterocycles. The zero-order chi connectivity index (χ0) is 19.0. The Balaban J connectivity index is 1.83. The fraction of sp³-hybridized carbons (Fsp3) is 0.211. The van der Waals surface area contributed by atoms with Crippen LogP contribution in [-0.2, 0) is 6.54 Å². The van der Waals surface area contributed by atoms with Crippen LogP contribution in [0.4, 0.5) is 11.4 Å². The predicted molar refractivity (Wildman–Crippen MR) is 105 cm³/mol. The molecule has 1 amide bonds. The van der Waals surface area contributed by atoms with Crippen LogP contribution in [-0.4, -0.2) is 31.0 Å². The van der Waals surface area contributed by atoms with Crippen molar-refractivity contribution in [1.29, 1.82) is 0 Å². The molecule has 7 nitrogen and oxygen atoms in total. The molecule has 138 valence electrons. The lowest BCUT2D eigenvalue weighted by Crippen LogP contribution is -2.29. The maximum absolute atomic E-state index is 12.5. The van der Waals surface area contributed by atoms with Gasteiger partial charge in [-0.1, -0.05) is 12.1 Å². The second-order valence-electron chi connectivity index (χ2n) is 6.25. The molecule has 8 heteroatoms. The smallest absolute Gasteiger partial charge is 0.270 e. The molecule has 0 aliphatic carbocycles. The van der Waals surface area contributed by atoms with E-state index in [-0.39, 0.29) is 11.6 Å². The lowest BCUT2D eigenvalue weighted by molar-refractivity contribution is -0.384. The van der Waals surface area contributed by atoms with Crippen LogP contribution in [0.2, 0.25) is 0 Å². The average molecular weight is 383 g/mol. The first-order valence-corrected chi connectivity index (χ1v) is 9.25. The highest BCUT2D eigenvalue weighted by Gasteiger charge is 2.27. The molecule has 0 radical (unpaired) electrons. The molecule has 0 fully saturated rings. The number of nitrogens with one attached hydrogen (secondary N) is 1. The van der Waals surface area contributed by atoms with E-state index in [0.29, 0.717) is 24.5 Å². The van der Waals surface area contributed by atoms with Gasteiger partial charge in [0.05, 0.1) is 17.7 Å². The van der Waals surface area contributed by atoms with Crippen LogP contribution < -0.4 is 15.0 Å². The van der Waals surface area contributed by atoms with Crippen LogP contribution in [0, 0.1) is 10.1 Å². The van der Waals surface area contributed by atoms with Crippen molar-refractivity contribution in [3.05, 3.63) is 63.0 Å².